The largest absolute Gasteiger partial charge is 0.376 e. The van der Waals surface area contributed by atoms with Crippen LogP contribution in [0, 0.1) is 5.92 Å². The fourth-order valence-corrected chi connectivity index (χ4v) is 4.54. The molecule has 28 heavy (non-hydrogen) atoms. The lowest BCUT2D eigenvalue weighted by Crippen LogP contribution is -2.35. The van der Waals surface area contributed by atoms with Crippen molar-refractivity contribution in [2.45, 2.75) is 76.6 Å². The van der Waals surface area contributed by atoms with Gasteiger partial charge in [0.15, 0.2) is 5.16 Å². The van der Waals surface area contributed by atoms with Crippen molar-refractivity contribution in [1.29, 1.82) is 0 Å². The van der Waals surface area contributed by atoms with Gasteiger partial charge in [-0.2, -0.15) is 0 Å². The van der Waals surface area contributed by atoms with Gasteiger partial charge in [-0.3, -0.25) is 9.36 Å². The highest BCUT2D eigenvalue weighted by molar-refractivity contribution is 7.99. The molecular weight excluding hydrogens is 374 g/mol. The third-order valence-electron chi connectivity index (χ3n) is 5.61. The summed E-state index contributed by atoms with van der Waals surface area (Å²) in [5.41, 5.74) is 0. The maximum Gasteiger partial charge on any atom is 0.230 e. The molecule has 1 atom stereocenters. The quantitative estimate of drug-likeness (QED) is 0.473. The van der Waals surface area contributed by atoms with E-state index in [-0.39, 0.29) is 12.0 Å². The fraction of sp³-hybridized carbons (Fsp3) is 0.850. The summed E-state index contributed by atoms with van der Waals surface area (Å²) in [7, 11) is 0. The van der Waals surface area contributed by atoms with Gasteiger partial charge in [0.25, 0.3) is 0 Å². The number of amides is 1. The van der Waals surface area contributed by atoms with Crippen molar-refractivity contribution in [3.8, 4) is 0 Å². The van der Waals surface area contributed by atoms with Gasteiger partial charge in [-0.1, -0.05) is 38.5 Å². The van der Waals surface area contributed by atoms with E-state index < -0.39 is 0 Å². The molecule has 1 aromatic rings. The Morgan fingerprint density at radius 2 is 2.07 bits per heavy atom. The number of rotatable bonds is 10. The molecule has 7 nitrogen and oxygen atoms in total. The van der Waals surface area contributed by atoms with Crippen molar-refractivity contribution in [3.63, 3.8) is 0 Å². The van der Waals surface area contributed by atoms with E-state index in [9.17, 15) is 4.79 Å². The second-order valence-electron chi connectivity index (χ2n) is 8.04. The summed E-state index contributed by atoms with van der Waals surface area (Å²) >= 11 is 1.48. The number of anilines is 1. The topological polar surface area (TPSA) is 72.3 Å². The summed E-state index contributed by atoms with van der Waals surface area (Å²) in [5, 5.41) is 12.8. The van der Waals surface area contributed by atoms with E-state index in [1.807, 2.05) is 0 Å². The molecule has 3 heterocycles. The van der Waals surface area contributed by atoms with Crippen molar-refractivity contribution >= 4 is 23.6 Å². The molecule has 0 saturated carbocycles. The minimum absolute atomic E-state index is 0.0705. The second-order valence-corrected chi connectivity index (χ2v) is 8.99. The molecule has 3 rings (SSSR count). The molecule has 2 saturated heterocycles. The Morgan fingerprint density at radius 1 is 1.25 bits per heavy atom. The first-order chi connectivity index (χ1) is 13.7. The third-order valence-corrected chi connectivity index (χ3v) is 6.58. The summed E-state index contributed by atoms with van der Waals surface area (Å²) in [6.45, 7) is 8.89. The van der Waals surface area contributed by atoms with Crippen LogP contribution in [-0.2, 0) is 16.1 Å². The number of carbonyl (C=O) groups excluding carboxylic acids is 1. The molecule has 2 aliphatic rings. The Bertz CT molecular complexity index is 610. The lowest BCUT2D eigenvalue weighted by Gasteiger charge is -2.31. The normalized spacial score (nSPS) is 20.6. The number of aromatic nitrogens is 3. The van der Waals surface area contributed by atoms with E-state index in [4.69, 9.17) is 4.74 Å². The Kier molecular flexibility index (Phi) is 8.45. The first kappa shape index (κ1) is 21.4. The minimum atomic E-state index is 0.0705. The summed E-state index contributed by atoms with van der Waals surface area (Å²) in [6.07, 6.45) is 8.16. The highest BCUT2D eigenvalue weighted by atomic mass is 32.2. The molecule has 0 aromatic carbocycles. The maximum atomic E-state index is 12.2. The van der Waals surface area contributed by atoms with Gasteiger partial charge in [-0.15, -0.1) is 10.2 Å². The monoisotopic (exact) mass is 409 g/mol. The molecule has 158 valence electrons. The van der Waals surface area contributed by atoms with E-state index in [1.165, 1.54) is 24.6 Å². The zero-order valence-electron chi connectivity index (χ0n) is 17.4. The average Bonchev–Trinajstić information content (AvgIpc) is 3.35. The molecule has 0 spiro atoms. The predicted molar refractivity (Wildman–Crippen MR) is 113 cm³/mol. The summed E-state index contributed by atoms with van der Waals surface area (Å²) in [6, 6.07) is 0. The van der Waals surface area contributed by atoms with Crippen molar-refractivity contribution in [3.05, 3.63) is 0 Å². The van der Waals surface area contributed by atoms with Gasteiger partial charge in [0.2, 0.25) is 11.9 Å². The van der Waals surface area contributed by atoms with Crippen LogP contribution in [0.15, 0.2) is 5.16 Å². The van der Waals surface area contributed by atoms with E-state index >= 15 is 0 Å². The lowest BCUT2D eigenvalue weighted by molar-refractivity contribution is -0.118. The number of thioether (sulfide) groups is 1. The van der Waals surface area contributed by atoms with Crippen molar-refractivity contribution in [1.82, 2.24) is 20.1 Å². The average molecular weight is 410 g/mol. The molecule has 0 bridgehead atoms. The van der Waals surface area contributed by atoms with E-state index in [1.54, 1.807) is 0 Å². The number of ether oxygens (including phenoxy) is 1. The number of carbonyl (C=O) groups is 1. The Balaban J connectivity index is 1.61. The SMILES string of the molecule is CCCCCNC(=O)CSc1nnc(N2CCC(C)CC2)n1CC1CCCO1. The van der Waals surface area contributed by atoms with Crippen molar-refractivity contribution < 1.29 is 9.53 Å². The predicted octanol–water partition coefficient (Wildman–Crippen LogP) is 3.09. The second kappa shape index (κ2) is 11.0. The van der Waals surface area contributed by atoms with E-state index in [0.29, 0.717) is 5.75 Å². The molecule has 1 aromatic heterocycles. The lowest BCUT2D eigenvalue weighted by atomic mass is 10.00. The van der Waals surface area contributed by atoms with Crippen LogP contribution >= 0.6 is 11.8 Å². The standard InChI is InChI=1S/C20H35N5O2S/c1-3-4-5-10-21-18(26)15-28-20-23-22-19(24-11-8-16(2)9-12-24)25(20)14-17-7-6-13-27-17/h16-17H,3-15H2,1-2H3,(H,21,26). The first-order valence-corrected chi connectivity index (χ1v) is 11.8. The van der Waals surface area contributed by atoms with Crippen molar-refractivity contribution in [2.75, 3.05) is 36.9 Å². The van der Waals surface area contributed by atoms with E-state index in [0.717, 1.165) is 81.9 Å². The number of nitrogens with zero attached hydrogens (tertiary/aromatic N) is 4. The number of nitrogens with one attached hydrogen (secondary N) is 1. The van der Waals surface area contributed by atoms with Crippen LogP contribution in [0.4, 0.5) is 5.95 Å². The molecule has 1 unspecified atom stereocenters. The summed E-state index contributed by atoms with van der Waals surface area (Å²) in [5.74, 6) is 2.16. The zero-order chi connectivity index (χ0) is 19.8. The zero-order valence-corrected chi connectivity index (χ0v) is 18.2. The molecule has 8 heteroatoms. The van der Waals surface area contributed by atoms with Crippen molar-refractivity contribution in [2.24, 2.45) is 5.92 Å². The first-order valence-electron chi connectivity index (χ1n) is 10.9. The maximum absolute atomic E-state index is 12.2. The van der Waals surface area contributed by atoms with Gasteiger partial charge in [0.1, 0.15) is 0 Å². The smallest absolute Gasteiger partial charge is 0.230 e. The molecular formula is C20H35N5O2S. The van der Waals surface area contributed by atoms with Gasteiger partial charge in [-0.25, -0.2) is 0 Å². The van der Waals surface area contributed by atoms with Gasteiger partial charge in [0.05, 0.1) is 18.4 Å². The Labute approximate surface area is 173 Å². The summed E-state index contributed by atoms with van der Waals surface area (Å²) in [4.78, 5) is 14.5. The third kappa shape index (κ3) is 6.11. The number of hydrogen-bond acceptors (Lipinski definition) is 6. The van der Waals surface area contributed by atoms with Crippen LogP contribution in [0.5, 0.6) is 0 Å². The van der Waals surface area contributed by atoms with Crippen LogP contribution in [0.25, 0.3) is 0 Å². The molecule has 0 aliphatic carbocycles. The van der Waals surface area contributed by atoms with Gasteiger partial charge < -0.3 is 15.0 Å². The van der Waals surface area contributed by atoms with Crippen LogP contribution in [0.2, 0.25) is 0 Å². The van der Waals surface area contributed by atoms with Crippen LogP contribution in [0.1, 0.15) is 58.8 Å². The highest BCUT2D eigenvalue weighted by Crippen LogP contribution is 2.27. The molecule has 1 N–H and O–H groups in total. The number of unbranched alkanes of at least 4 members (excludes halogenated alkanes) is 2. The molecule has 1 amide bonds. The Morgan fingerprint density at radius 3 is 2.79 bits per heavy atom. The number of piperidine rings is 1. The van der Waals surface area contributed by atoms with Crippen LogP contribution in [0.3, 0.4) is 0 Å². The van der Waals surface area contributed by atoms with Gasteiger partial charge in [-0.05, 0) is 38.0 Å². The van der Waals surface area contributed by atoms with Crippen LogP contribution < -0.4 is 10.2 Å². The van der Waals surface area contributed by atoms with Crippen LogP contribution in [-0.4, -0.2) is 58.8 Å². The molecule has 2 fully saturated rings. The minimum Gasteiger partial charge on any atom is -0.376 e. The van der Waals surface area contributed by atoms with Gasteiger partial charge >= 0.3 is 0 Å². The summed E-state index contributed by atoms with van der Waals surface area (Å²) < 4.78 is 8.04. The van der Waals surface area contributed by atoms with E-state index in [2.05, 4.69) is 38.8 Å². The highest BCUT2D eigenvalue weighted by Gasteiger charge is 2.26. The Hall–Kier alpha value is -1.28. The number of hydrogen-bond donors (Lipinski definition) is 1. The molecule has 0 radical (unpaired) electrons. The fourth-order valence-electron chi connectivity index (χ4n) is 3.77. The van der Waals surface area contributed by atoms with Gasteiger partial charge in [0, 0.05) is 26.2 Å². The molecule has 2 aliphatic heterocycles.